The number of nitrogens with zero attached hydrogens (tertiary/aromatic N) is 5. The number of carbonyl (C=O) groups is 1. The van der Waals surface area contributed by atoms with E-state index < -0.39 is 15.4 Å². The number of piperazine rings is 1. The van der Waals surface area contributed by atoms with Gasteiger partial charge in [0.05, 0.1) is 34.5 Å². The summed E-state index contributed by atoms with van der Waals surface area (Å²) >= 11 is 2.27. The Morgan fingerprint density at radius 2 is 1.65 bits per heavy atom. The molecule has 2 aliphatic heterocycles. The van der Waals surface area contributed by atoms with Crippen molar-refractivity contribution in [1.29, 1.82) is 5.26 Å². The van der Waals surface area contributed by atoms with Crippen LogP contribution in [0.15, 0.2) is 54.7 Å². The largest absolute Gasteiger partial charge is 0.370 e. The highest BCUT2D eigenvalue weighted by Crippen LogP contribution is 2.39. The van der Waals surface area contributed by atoms with Crippen LogP contribution in [0.4, 0.5) is 5.69 Å². The van der Waals surface area contributed by atoms with Gasteiger partial charge in [-0.25, -0.2) is 8.42 Å². The van der Waals surface area contributed by atoms with Gasteiger partial charge in [-0.3, -0.25) is 9.78 Å². The lowest BCUT2D eigenvalue weighted by Gasteiger charge is -2.40. The van der Waals surface area contributed by atoms with Gasteiger partial charge in [0.15, 0.2) is 0 Å². The van der Waals surface area contributed by atoms with Crippen LogP contribution in [0.5, 0.6) is 0 Å². The van der Waals surface area contributed by atoms with Crippen LogP contribution in [-0.4, -0.2) is 74.0 Å². The third-order valence-corrected chi connectivity index (χ3v) is 9.54. The molecule has 10 heteroatoms. The summed E-state index contributed by atoms with van der Waals surface area (Å²) in [6.07, 6.45) is 4.15. The molecule has 8 nitrogen and oxygen atoms in total. The van der Waals surface area contributed by atoms with Crippen molar-refractivity contribution in [1.82, 2.24) is 14.2 Å². The van der Waals surface area contributed by atoms with Gasteiger partial charge in [-0.1, -0.05) is 30.3 Å². The molecule has 0 aliphatic carbocycles. The Morgan fingerprint density at radius 3 is 2.27 bits per heavy atom. The first kappa shape index (κ1) is 25.9. The first-order chi connectivity index (χ1) is 17.7. The minimum absolute atomic E-state index is 0.142. The Kier molecular flexibility index (Phi) is 7.13. The van der Waals surface area contributed by atoms with Crippen molar-refractivity contribution in [3.63, 3.8) is 0 Å². The number of aromatic nitrogens is 1. The van der Waals surface area contributed by atoms with Crippen molar-refractivity contribution in [2.24, 2.45) is 0 Å². The summed E-state index contributed by atoms with van der Waals surface area (Å²) in [6, 6.07) is 18.6. The average Bonchev–Trinajstić information content (AvgIpc) is 2.92. The maximum absolute atomic E-state index is 13.7. The zero-order chi connectivity index (χ0) is 26.2. The second-order valence-electron chi connectivity index (χ2n) is 9.68. The number of carbonyl (C=O) groups excluding carboxylic acids is 1. The van der Waals surface area contributed by atoms with E-state index in [1.807, 2.05) is 48.5 Å². The van der Waals surface area contributed by atoms with Gasteiger partial charge < -0.3 is 9.80 Å². The Labute approximate surface area is 231 Å². The van der Waals surface area contributed by atoms with Crippen molar-refractivity contribution in [2.45, 2.75) is 18.3 Å². The predicted octanol–water partition coefficient (Wildman–Crippen LogP) is 3.62. The van der Waals surface area contributed by atoms with E-state index in [1.165, 1.54) is 10.6 Å². The summed E-state index contributed by atoms with van der Waals surface area (Å²) in [6.45, 7) is 2.51. The summed E-state index contributed by atoms with van der Waals surface area (Å²) in [5, 5.41) is 11.1. The van der Waals surface area contributed by atoms with Gasteiger partial charge in [0.25, 0.3) is 5.91 Å². The molecule has 0 saturated carbocycles. The van der Waals surface area contributed by atoms with Crippen molar-refractivity contribution in [2.75, 3.05) is 50.4 Å². The standard InChI is InChI=1S/C27H28IN5O3S/c1-37(35,36)33-16-14-32(15-17-33)26(34)23-18-30-24-5-3-2-4-22(24)25(23)31-12-10-27(19-29,11-13-31)20-6-8-21(28)9-7-20/h2-9,18H,10-17H2,1H3. The molecular formula is C27H28IN5O3S. The zero-order valence-corrected chi connectivity index (χ0v) is 23.6. The summed E-state index contributed by atoms with van der Waals surface area (Å²) in [5.41, 5.74) is 2.65. The second kappa shape index (κ2) is 10.2. The SMILES string of the molecule is CS(=O)(=O)N1CCN(C(=O)c2cnc3ccccc3c2N2CCC(C#N)(c3ccc(I)cc3)CC2)CC1. The Bertz CT molecular complexity index is 1470. The molecule has 0 spiro atoms. The van der Waals surface area contributed by atoms with E-state index in [-0.39, 0.29) is 19.0 Å². The number of hydrogen-bond acceptors (Lipinski definition) is 6. The number of nitriles is 1. The lowest BCUT2D eigenvalue weighted by atomic mass is 9.74. The van der Waals surface area contributed by atoms with Gasteiger partial charge >= 0.3 is 0 Å². The number of piperidine rings is 1. The lowest BCUT2D eigenvalue weighted by Crippen LogP contribution is -2.50. The molecule has 1 aromatic heterocycles. The van der Waals surface area contributed by atoms with E-state index in [2.05, 4.69) is 38.5 Å². The molecule has 0 atom stereocenters. The number of rotatable bonds is 4. The maximum Gasteiger partial charge on any atom is 0.257 e. The summed E-state index contributed by atoms with van der Waals surface area (Å²) in [4.78, 5) is 22.2. The maximum atomic E-state index is 13.7. The molecule has 0 unspecified atom stereocenters. The van der Waals surface area contributed by atoms with E-state index in [4.69, 9.17) is 0 Å². The van der Waals surface area contributed by atoms with E-state index in [0.717, 1.165) is 25.7 Å². The van der Waals surface area contributed by atoms with Crippen molar-refractivity contribution in [3.05, 3.63) is 69.4 Å². The first-order valence-electron chi connectivity index (χ1n) is 12.3. The molecule has 37 heavy (non-hydrogen) atoms. The average molecular weight is 630 g/mol. The van der Waals surface area contributed by atoms with Crippen LogP contribution in [0.25, 0.3) is 10.9 Å². The Morgan fingerprint density at radius 1 is 1.00 bits per heavy atom. The zero-order valence-electron chi connectivity index (χ0n) is 20.6. The number of anilines is 1. The van der Waals surface area contributed by atoms with Crippen molar-refractivity contribution in [3.8, 4) is 6.07 Å². The summed E-state index contributed by atoms with van der Waals surface area (Å²) in [5.74, 6) is -0.142. The molecule has 0 radical (unpaired) electrons. The minimum atomic E-state index is -3.28. The summed E-state index contributed by atoms with van der Waals surface area (Å²) in [7, 11) is -3.28. The molecule has 3 heterocycles. The number of pyridine rings is 1. The number of para-hydroxylation sites is 1. The number of hydrogen-bond donors (Lipinski definition) is 0. The molecule has 192 valence electrons. The highest BCUT2D eigenvalue weighted by molar-refractivity contribution is 14.1. The van der Waals surface area contributed by atoms with E-state index in [1.54, 1.807) is 11.1 Å². The Hall–Kier alpha value is -2.75. The molecule has 1 amide bonds. The van der Waals surface area contributed by atoms with Crippen LogP contribution >= 0.6 is 22.6 Å². The molecule has 0 N–H and O–H groups in total. The van der Waals surface area contributed by atoms with Crippen molar-refractivity contribution >= 4 is 55.1 Å². The van der Waals surface area contributed by atoms with Crippen LogP contribution in [0.3, 0.4) is 0 Å². The monoisotopic (exact) mass is 629 g/mol. The lowest BCUT2D eigenvalue weighted by molar-refractivity contribution is 0.0698. The third-order valence-electron chi connectivity index (χ3n) is 7.52. The topological polar surface area (TPSA) is 97.6 Å². The molecule has 3 aromatic rings. The summed E-state index contributed by atoms with van der Waals surface area (Å²) < 4.78 is 26.4. The van der Waals surface area contributed by atoms with Crippen LogP contribution < -0.4 is 4.90 Å². The molecule has 0 bridgehead atoms. The number of amides is 1. The highest BCUT2D eigenvalue weighted by Gasteiger charge is 2.38. The smallest absolute Gasteiger partial charge is 0.257 e. The fraction of sp³-hybridized carbons (Fsp3) is 0.370. The van der Waals surface area contributed by atoms with Crippen LogP contribution in [0.1, 0.15) is 28.8 Å². The normalized spacial score (nSPS) is 18.5. The molecule has 5 rings (SSSR count). The van der Waals surface area contributed by atoms with Crippen molar-refractivity contribution < 1.29 is 13.2 Å². The Balaban J connectivity index is 1.45. The van der Waals surface area contributed by atoms with E-state index in [9.17, 15) is 18.5 Å². The van der Waals surface area contributed by atoms with Gasteiger partial charge in [0.2, 0.25) is 10.0 Å². The van der Waals surface area contributed by atoms with Gasteiger partial charge in [0, 0.05) is 54.4 Å². The predicted molar refractivity (Wildman–Crippen MR) is 152 cm³/mol. The molecule has 2 saturated heterocycles. The minimum Gasteiger partial charge on any atom is -0.370 e. The molecule has 2 aromatic carbocycles. The number of sulfonamides is 1. The van der Waals surface area contributed by atoms with E-state index >= 15 is 0 Å². The van der Waals surface area contributed by atoms with Crippen LogP contribution in [0, 0.1) is 14.9 Å². The van der Waals surface area contributed by atoms with Gasteiger partial charge in [-0.15, -0.1) is 0 Å². The van der Waals surface area contributed by atoms with Crippen LogP contribution in [-0.2, 0) is 15.4 Å². The van der Waals surface area contributed by atoms with Gasteiger partial charge in [0.1, 0.15) is 0 Å². The number of fused-ring (bicyclic) bond motifs is 1. The van der Waals surface area contributed by atoms with Gasteiger partial charge in [-0.05, 0) is 59.2 Å². The fourth-order valence-electron chi connectivity index (χ4n) is 5.36. The van der Waals surface area contributed by atoms with Crippen LogP contribution in [0.2, 0.25) is 0 Å². The second-order valence-corrected chi connectivity index (χ2v) is 12.9. The van der Waals surface area contributed by atoms with Gasteiger partial charge in [-0.2, -0.15) is 9.57 Å². The highest BCUT2D eigenvalue weighted by atomic mass is 127. The molecule has 2 fully saturated rings. The first-order valence-corrected chi connectivity index (χ1v) is 15.2. The number of benzene rings is 2. The fourth-order valence-corrected chi connectivity index (χ4v) is 6.55. The number of halogens is 1. The van der Waals surface area contributed by atoms with E-state index in [0.29, 0.717) is 44.6 Å². The quantitative estimate of drug-likeness (QED) is 0.410. The third kappa shape index (κ3) is 5.04. The molecule has 2 aliphatic rings. The molecular weight excluding hydrogens is 601 g/mol.